The summed E-state index contributed by atoms with van der Waals surface area (Å²) in [5, 5.41) is 12.9. The molecule has 4 aromatic rings. The van der Waals surface area contributed by atoms with Crippen LogP contribution in [0.15, 0.2) is 51.8 Å². The van der Waals surface area contributed by atoms with Crippen molar-refractivity contribution in [1.29, 1.82) is 0 Å². The minimum absolute atomic E-state index is 0.0207. The lowest BCUT2D eigenvalue weighted by Gasteiger charge is -2.11. The van der Waals surface area contributed by atoms with Gasteiger partial charge in [0.15, 0.2) is 23.0 Å². The third-order valence-electron chi connectivity index (χ3n) is 5.19. The van der Waals surface area contributed by atoms with E-state index in [1.807, 2.05) is 12.1 Å². The van der Waals surface area contributed by atoms with Gasteiger partial charge in [-0.1, -0.05) is 0 Å². The topological polar surface area (TPSA) is 150 Å². The van der Waals surface area contributed by atoms with Gasteiger partial charge in [0.05, 0.1) is 11.7 Å². The molecule has 4 N–H and O–H groups in total. The summed E-state index contributed by atoms with van der Waals surface area (Å²) in [7, 11) is 0. The van der Waals surface area contributed by atoms with Gasteiger partial charge in [0, 0.05) is 23.4 Å². The summed E-state index contributed by atoms with van der Waals surface area (Å²) >= 11 is 0. The van der Waals surface area contributed by atoms with E-state index in [0.29, 0.717) is 23.2 Å². The molecule has 0 unspecified atom stereocenters. The summed E-state index contributed by atoms with van der Waals surface area (Å²) in [6.07, 6.45) is 4.35. The number of carbonyl (C=O) groups excluding carboxylic acids is 1. The van der Waals surface area contributed by atoms with Gasteiger partial charge in [0.25, 0.3) is 6.47 Å². The third-order valence-corrected chi connectivity index (χ3v) is 5.19. The smallest absolute Gasteiger partial charge is 0.417 e. The number of ketones is 1. The van der Waals surface area contributed by atoms with Gasteiger partial charge in [-0.15, -0.1) is 0 Å². The molecule has 0 amide bonds. The summed E-state index contributed by atoms with van der Waals surface area (Å²) in [6.45, 7) is -0.250. The number of fused-ring (bicyclic) bond motifs is 2. The van der Waals surface area contributed by atoms with Crippen LogP contribution in [0.1, 0.15) is 35.2 Å². The molecule has 10 nitrogen and oxygen atoms in total. The van der Waals surface area contributed by atoms with Crippen molar-refractivity contribution in [3.05, 3.63) is 70.1 Å². The van der Waals surface area contributed by atoms with Crippen molar-refractivity contribution in [2.24, 2.45) is 0 Å². The predicted octanol–water partition coefficient (Wildman–Crippen LogP) is 4.15. The Morgan fingerprint density at radius 2 is 1.79 bits per heavy atom. The molecule has 0 spiro atoms. The first-order chi connectivity index (χ1) is 16.5. The van der Waals surface area contributed by atoms with Crippen LogP contribution >= 0.6 is 0 Å². The molecule has 0 aliphatic heterocycles. The highest BCUT2D eigenvalue weighted by atomic mass is 19.1. The quantitative estimate of drug-likeness (QED) is 0.257. The Labute approximate surface area is 191 Å². The molecule has 0 atom stereocenters. The summed E-state index contributed by atoms with van der Waals surface area (Å²) in [5.74, 6) is -0.832. The molecular formula is C23H20FN5O5. The van der Waals surface area contributed by atoms with Gasteiger partial charge in [-0.2, -0.15) is 4.98 Å². The molecule has 0 saturated heterocycles. The Kier molecular flexibility index (Phi) is 6.62. The summed E-state index contributed by atoms with van der Waals surface area (Å²) in [4.78, 5) is 42.6. The third kappa shape index (κ3) is 5.09. The van der Waals surface area contributed by atoms with E-state index in [-0.39, 0.29) is 24.0 Å². The molecule has 1 aliphatic carbocycles. The fourth-order valence-corrected chi connectivity index (χ4v) is 3.70. The monoisotopic (exact) mass is 465 g/mol. The molecule has 0 saturated carbocycles. The number of halogens is 1. The fraction of sp³-hybridized carbons (Fsp3) is 0.174. The van der Waals surface area contributed by atoms with Gasteiger partial charge in [0.1, 0.15) is 0 Å². The maximum absolute atomic E-state index is 14.3. The number of benzene rings is 2. The standard InChI is InChI=1S/C22H18FN5O3.CH2O2/c23-16-11-24-21(26-13-5-7-15-12(9-13)3-1-2-4-18(15)29)28-20(16)25-14-6-8-19-17(10-14)27-22(30)31-19;2-1-3/h5-11H,1-4H2,(H,27,30)(H2,24,25,26,28);1H,(H,2,3). The van der Waals surface area contributed by atoms with E-state index in [1.165, 1.54) is 0 Å². The molecule has 2 heterocycles. The number of carbonyl (C=O) groups is 2. The van der Waals surface area contributed by atoms with Crippen LogP contribution < -0.4 is 16.4 Å². The maximum atomic E-state index is 14.3. The average molecular weight is 465 g/mol. The second-order valence-corrected chi connectivity index (χ2v) is 7.47. The fourth-order valence-electron chi connectivity index (χ4n) is 3.70. The normalized spacial score (nSPS) is 12.8. The first-order valence-corrected chi connectivity index (χ1v) is 10.4. The van der Waals surface area contributed by atoms with Gasteiger partial charge < -0.3 is 20.2 Å². The number of anilines is 4. The maximum Gasteiger partial charge on any atom is 0.417 e. The van der Waals surface area contributed by atoms with Crippen molar-refractivity contribution in [1.82, 2.24) is 15.0 Å². The number of carboxylic acid groups (broad SMARTS) is 1. The van der Waals surface area contributed by atoms with Crippen LogP contribution in [0.2, 0.25) is 0 Å². The molecule has 1 aliphatic rings. The highest BCUT2D eigenvalue weighted by molar-refractivity contribution is 5.98. The number of aromatic amines is 1. The molecule has 2 aromatic carbocycles. The first-order valence-electron chi connectivity index (χ1n) is 10.4. The number of nitrogens with zero attached hydrogens (tertiary/aromatic N) is 2. The van der Waals surface area contributed by atoms with E-state index >= 15 is 0 Å². The van der Waals surface area contributed by atoms with Gasteiger partial charge in [-0.05, 0) is 61.2 Å². The number of aryl methyl sites for hydroxylation is 1. The molecule has 0 radical (unpaired) electrons. The lowest BCUT2D eigenvalue weighted by Crippen LogP contribution is -2.05. The van der Waals surface area contributed by atoms with Crippen LogP contribution in [0.4, 0.5) is 27.5 Å². The lowest BCUT2D eigenvalue weighted by atomic mass is 10.0. The zero-order valence-electron chi connectivity index (χ0n) is 17.8. The molecule has 0 bridgehead atoms. The number of H-pyrrole nitrogens is 1. The Morgan fingerprint density at radius 1 is 1.06 bits per heavy atom. The zero-order valence-corrected chi connectivity index (χ0v) is 17.8. The Balaban J connectivity index is 0.000000868. The second-order valence-electron chi connectivity index (χ2n) is 7.47. The molecule has 5 rings (SSSR count). The number of aromatic nitrogens is 3. The number of nitrogens with one attached hydrogen (secondary N) is 3. The van der Waals surface area contributed by atoms with E-state index in [1.54, 1.807) is 24.3 Å². The number of Topliss-reactive ketones (excluding diaryl/α,β-unsaturated/α-hetero) is 1. The summed E-state index contributed by atoms with van der Waals surface area (Å²) in [5.41, 5.74) is 3.90. The predicted molar refractivity (Wildman–Crippen MR) is 122 cm³/mol. The van der Waals surface area contributed by atoms with E-state index in [4.69, 9.17) is 14.3 Å². The van der Waals surface area contributed by atoms with Gasteiger partial charge in [-0.3, -0.25) is 14.6 Å². The van der Waals surface area contributed by atoms with E-state index in [2.05, 4.69) is 25.6 Å². The van der Waals surface area contributed by atoms with Crippen molar-refractivity contribution in [2.75, 3.05) is 10.6 Å². The van der Waals surface area contributed by atoms with Crippen LogP contribution in [0.25, 0.3) is 11.1 Å². The summed E-state index contributed by atoms with van der Waals surface area (Å²) in [6, 6.07) is 10.4. The van der Waals surface area contributed by atoms with E-state index in [0.717, 1.165) is 42.3 Å². The molecular weight excluding hydrogens is 445 g/mol. The number of rotatable bonds is 4. The Hall–Kier alpha value is -4.54. The van der Waals surface area contributed by atoms with Crippen LogP contribution in [0.3, 0.4) is 0 Å². The Bertz CT molecular complexity index is 1410. The number of hydrogen-bond donors (Lipinski definition) is 4. The first kappa shape index (κ1) is 22.6. The van der Waals surface area contributed by atoms with Gasteiger partial charge in [0.2, 0.25) is 5.95 Å². The highest BCUT2D eigenvalue weighted by Crippen LogP contribution is 2.26. The molecule has 34 heavy (non-hydrogen) atoms. The minimum atomic E-state index is -0.626. The van der Waals surface area contributed by atoms with Gasteiger partial charge >= 0.3 is 5.76 Å². The number of hydrogen-bond acceptors (Lipinski definition) is 8. The minimum Gasteiger partial charge on any atom is -0.483 e. The van der Waals surface area contributed by atoms with Crippen molar-refractivity contribution in [3.8, 4) is 0 Å². The zero-order chi connectivity index (χ0) is 24.1. The molecule has 0 fully saturated rings. The highest BCUT2D eigenvalue weighted by Gasteiger charge is 2.16. The molecule has 11 heteroatoms. The van der Waals surface area contributed by atoms with E-state index in [9.17, 15) is 14.0 Å². The van der Waals surface area contributed by atoms with Crippen molar-refractivity contribution < 1.29 is 23.5 Å². The van der Waals surface area contributed by atoms with Gasteiger partial charge in [-0.25, -0.2) is 14.2 Å². The summed E-state index contributed by atoms with van der Waals surface area (Å²) < 4.78 is 19.3. The van der Waals surface area contributed by atoms with Crippen molar-refractivity contribution >= 4 is 46.5 Å². The van der Waals surface area contributed by atoms with Crippen LogP contribution in [0.5, 0.6) is 0 Å². The van der Waals surface area contributed by atoms with Crippen LogP contribution in [0, 0.1) is 5.82 Å². The molecule has 174 valence electrons. The Morgan fingerprint density at radius 3 is 2.62 bits per heavy atom. The SMILES string of the molecule is O=C1CCCCc2cc(Nc3ncc(F)c(Nc4ccc5oc(=O)[nH]c5c4)n3)ccc21.O=CO. The van der Waals surface area contributed by atoms with Crippen LogP contribution in [-0.4, -0.2) is 32.3 Å². The van der Waals surface area contributed by atoms with Crippen LogP contribution in [-0.2, 0) is 11.2 Å². The second kappa shape index (κ2) is 9.94. The van der Waals surface area contributed by atoms with Crippen molar-refractivity contribution in [2.45, 2.75) is 25.7 Å². The van der Waals surface area contributed by atoms with E-state index < -0.39 is 11.6 Å². The molecule has 2 aromatic heterocycles. The lowest BCUT2D eigenvalue weighted by molar-refractivity contribution is -0.122. The average Bonchev–Trinajstić information content (AvgIpc) is 3.08. The largest absolute Gasteiger partial charge is 0.483 e. The van der Waals surface area contributed by atoms with Crippen molar-refractivity contribution in [3.63, 3.8) is 0 Å². The number of oxazole rings is 1.